The maximum absolute atomic E-state index is 12.0. The first kappa shape index (κ1) is 30.9. The van der Waals surface area contributed by atoms with Crippen molar-refractivity contribution >= 4 is 34.8 Å². The van der Waals surface area contributed by atoms with Crippen molar-refractivity contribution < 1.29 is 19.0 Å². The molecule has 7 nitrogen and oxygen atoms in total. The van der Waals surface area contributed by atoms with E-state index in [9.17, 15) is 4.79 Å². The molecule has 1 unspecified atom stereocenters. The number of aryl methyl sites for hydroxylation is 1. The normalized spacial score (nSPS) is 14.4. The average molecular weight is 618 g/mol. The van der Waals surface area contributed by atoms with Crippen molar-refractivity contribution in [2.75, 3.05) is 44.8 Å². The van der Waals surface area contributed by atoms with Crippen LogP contribution in [-0.2, 0) is 21.8 Å². The van der Waals surface area contributed by atoms with Crippen LogP contribution in [0.25, 0.3) is 10.6 Å². The van der Waals surface area contributed by atoms with Crippen molar-refractivity contribution in [2.45, 2.75) is 44.1 Å². The summed E-state index contributed by atoms with van der Waals surface area (Å²) in [4.78, 5) is 24.6. The lowest BCUT2D eigenvalue weighted by Crippen LogP contribution is -2.46. The average Bonchev–Trinajstić information content (AvgIpc) is 3.44. The molecular formula is C34H39N3O4S2. The van der Waals surface area contributed by atoms with Crippen LogP contribution in [0.4, 0.5) is 5.69 Å². The predicted molar refractivity (Wildman–Crippen MR) is 175 cm³/mol. The smallest absolute Gasteiger partial charge is 0.347 e. The standard InChI is InChI=1S/C34H39N3O4S2/c1-5-40-34(38)25(3)41-31-16-15-29(21-24(31)2)42-23-32-30(35-33(43-32)26-9-7-6-8-10-26)22-36-17-19-37(20-18-36)27-11-13-28(39-4)14-12-27/h6-16,21,25H,5,17-20,22-23H2,1-4H3. The quantitative estimate of drug-likeness (QED) is 0.124. The van der Waals surface area contributed by atoms with Gasteiger partial charge in [-0.3, -0.25) is 4.90 Å². The maximum atomic E-state index is 12.0. The Labute approximate surface area is 262 Å². The molecule has 3 aromatic carbocycles. The fourth-order valence-electron chi connectivity index (χ4n) is 4.98. The van der Waals surface area contributed by atoms with Gasteiger partial charge in [0.2, 0.25) is 0 Å². The number of nitrogens with zero attached hydrogens (tertiary/aromatic N) is 3. The minimum atomic E-state index is -0.647. The van der Waals surface area contributed by atoms with Crippen molar-refractivity contribution in [1.82, 2.24) is 9.88 Å². The zero-order valence-corrected chi connectivity index (χ0v) is 26.9. The number of thiazole rings is 1. The van der Waals surface area contributed by atoms with Gasteiger partial charge in [-0.15, -0.1) is 23.1 Å². The summed E-state index contributed by atoms with van der Waals surface area (Å²) >= 11 is 3.59. The number of methoxy groups -OCH3 is 1. The highest BCUT2D eigenvalue weighted by Crippen LogP contribution is 2.35. The third kappa shape index (κ3) is 8.10. The van der Waals surface area contributed by atoms with E-state index in [0.717, 1.165) is 71.0 Å². The molecule has 4 aromatic rings. The van der Waals surface area contributed by atoms with Gasteiger partial charge in [-0.25, -0.2) is 9.78 Å². The molecule has 5 rings (SSSR count). The number of piperazine rings is 1. The van der Waals surface area contributed by atoms with E-state index < -0.39 is 6.10 Å². The molecule has 0 spiro atoms. The van der Waals surface area contributed by atoms with E-state index in [-0.39, 0.29) is 5.97 Å². The maximum Gasteiger partial charge on any atom is 0.347 e. The Bertz CT molecular complexity index is 1490. The topological polar surface area (TPSA) is 64.1 Å². The lowest BCUT2D eigenvalue weighted by atomic mass is 10.2. The van der Waals surface area contributed by atoms with Crippen molar-refractivity contribution in [3.05, 3.63) is 88.9 Å². The molecule has 2 heterocycles. The van der Waals surface area contributed by atoms with Crippen LogP contribution in [0.3, 0.4) is 0 Å². The van der Waals surface area contributed by atoms with Gasteiger partial charge in [-0.1, -0.05) is 30.3 Å². The Balaban J connectivity index is 1.25. The first-order valence-electron chi connectivity index (χ1n) is 14.7. The van der Waals surface area contributed by atoms with Crippen LogP contribution < -0.4 is 14.4 Å². The van der Waals surface area contributed by atoms with Gasteiger partial charge in [0.1, 0.15) is 16.5 Å². The zero-order valence-electron chi connectivity index (χ0n) is 25.2. The second-order valence-corrected chi connectivity index (χ2v) is 12.6. The molecule has 1 fully saturated rings. The summed E-state index contributed by atoms with van der Waals surface area (Å²) < 4.78 is 16.3. The molecule has 9 heteroatoms. The Morgan fingerprint density at radius 2 is 1.77 bits per heavy atom. The number of esters is 1. The minimum absolute atomic E-state index is 0.340. The highest BCUT2D eigenvalue weighted by Gasteiger charge is 2.22. The third-order valence-electron chi connectivity index (χ3n) is 7.42. The largest absolute Gasteiger partial charge is 0.497 e. The van der Waals surface area contributed by atoms with Crippen molar-refractivity contribution in [3.8, 4) is 22.1 Å². The van der Waals surface area contributed by atoms with Crippen LogP contribution >= 0.6 is 23.1 Å². The molecule has 0 N–H and O–H groups in total. The zero-order chi connectivity index (χ0) is 30.2. The summed E-state index contributed by atoms with van der Waals surface area (Å²) in [7, 11) is 1.70. The van der Waals surface area contributed by atoms with Gasteiger partial charge in [-0.05, 0) is 68.8 Å². The molecule has 1 atom stereocenters. The van der Waals surface area contributed by atoms with Gasteiger partial charge in [-0.2, -0.15) is 0 Å². The predicted octanol–water partition coefficient (Wildman–Crippen LogP) is 7.07. The monoisotopic (exact) mass is 617 g/mol. The number of rotatable bonds is 12. The van der Waals surface area contributed by atoms with Gasteiger partial charge < -0.3 is 19.1 Å². The molecule has 1 aromatic heterocycles. The number of hydrogen-bond donors (Lipinski definition) is 0. The summed E-state index contributed by atoms with van der Waals surface area (Å²) in [6, 6.07) is 24.9. The van der Waals surface area contributed by atoms with E-state index in [4.69, 9.17) is 19.2 Å². The van der Waals surface area contributed by atoms with Crippen molar-refractivity contribution in [2.24, 2.45) is 0 Å². The lowest BCUT2D eigenvalue weighted by molar-refractivity contribution is -0.150. The van der Waals surface area contributed by atoms with E-state index in [0.29, 0.717) is 12.4 Å². The van der Waals surface area contributed by atoms with Crippen LogP contribution in [0.15, 0.2) is 77.7 Å². The number of carbonyl (C=O) groups excluding carboxylic acids is 1. The van der Waals surface area contributed by atoms with Crippen molar-refractivity contribution in [1.29, 1.82) is 0 Å². The van der Waals surface area contributed by atoms with E-state index in [2.05, 4.69) is 58.3 Å². The van der Waals surface area contributed by atoms with E-state index in [1.807, 2.05) is 31.2 Å². The van der Waals surface area contributed by atoms with E-state index in [1.165, 1.54) is 10.6 Å². The number of carbonyl (C=O) groups is 1. The van der Waals surface area contributed by atoms with Gasteiger partial charge in [0.05, 0.1) is 19.4 Å². The molecule has 0 radical (unpaired) electrons. The van der Waals surface area contributed by atoms with E-state index in [1.54, 1.807) is 44.1 Å². The third-order valence-corrected chi connectivity index (χ3v) is 9.77. The van der Waals surface area contributed by atoms with Crippen molar-refractivity contribution in [3.63, 3.8) is 0 Å². The van der Waals surface area contributed by atoms with E-state index >= 15 is 0 Å². The van der Waals surface area contributed by atoms with Gasteiger partial charge in [0.25, 0.3) is 0 Å². The first-order valence-corrected chi connectivity index (χ1v) is 16.5. The molecule has 226 valence electrons. The summed E-state index contributed by atoms with van der Waals surface area (Å²) in [5.74, 6) is 2.07. The Hall–Kier alpha value is -3.53. The molecule has 1 saturated heterocycles. The Morgan fingerprint density at radius 1 is 1.02 bits per heavy atom. The number of aromatic nitrogens is 1. The number of hydrogen-bond acceptors (Lipinski definition) is 9. The molecular weight excluding hydrogens is 579 g/mol. The number of benzene rings is 3. The molecule has 0 saturated carbocycles. The first-order chi connectivity index (χ1) is 20.9. The Kier molecular flexibility index (Phi) is 10.6. The van der Waals surface area contributed by atoms with Crippen LogP contribution in [0, 0.1) is 6.92 Å². The molecule has 0 aliphatic carbocycles. The lowest BCUT2D eigenvalue weighted by Gasteiger charge is -2.36. The summed E-state index contributed by atoms with van der Waals surface area (Å²) in [5.41, 5.74) is 4.54. The summed E-state index contributed by atoms with van der Waals surface area (Å²) in [6.07, 6.45) is -0.647. The summed E-state index contributed by atoms with van der Waals surface area (Å²) in [5, 5.41) is 1.07. The fourth-order valence-corrected chi connectivity index (χ4v) is 7.16. The van der Waals surface area contributed by atoms with Crippen LogP contribution in [0.1, 0.15) is 30.0 Å². The van der Waals surface area contributed by atoms with Crippen LogP contribution in [0.2, 0.25) is 0 Å². The number of anilines is 1. The second-order valence-electron chi connectivity index (χ2n) is 10.4. The van der Waals surface area contributed by atoms with Gasteiger partial charge >= 0.3 is 5.97 Å². The molecule has 0 bridgehead atoms. The van der Waals surface area contributed by atoms with Crippen LogP contribution in [0.5, 0.6) is 11.5 Å². The molecule has 1 aliphatic heterocycles. The minimum Gasteiger partial charge on any atom is -0.497 e. The highest BCUT2D eigenvalue weighted by atomic mass is 32.2. The molecule has 1 aliphatic rings. The fraction of sp³-hybridized carbons (Fsp3) is 0.353. The number of ether oxygens (including phenoxy) is 3. The van der Waals surface area contributed by atoms with Gasteiger partial charge in [0, 0.05) is 59.5 Å². The number of thioether (sulfide) groups is 1. The Morgan fingerprint density at radius 3 is 2.44 bits per heavy atom. The summed E-state index contributed by atoms with van der Waals surface area (Å²) in [6.45, 7) is 10.6. The molecule has 0 amide bonds. The van der Waals surface area contributed by atoms with Crippen LogP contribution in [-0.4, -0.2) is 61.9 Å². The second kappa shape index (κ2) is 14.8. The van der Waals surface area contributed by atoms with Gasteiger partial charge in [0.15, 0.2) is 6.10 Å². The highest BCUT2D eigenvalue weighted by molar-refractivity contribution is 7.98. The SMILES string of the molecule is CCOC(=O)C(C)Oc1ccc(SCc2sc(-c3ccccc3)nc2CN2CCN(c3ccc(OC)cc3)CC2)cc1C. The molecule has 43 heavy (non-hydrogen) atoms.